The van der Waals surface area contributed by atoms with E-state index >= 15 is 0 Å². The van der Waals surface area contributed by atoms with E-state index in [1.165, 1.54) is 0 Å². The second kappa shape index (κ2) is 14.9. The van der Waals surface area contributed by atoms with Gasteiger partial charge in [-0.15, -0.1) is 0 Å². The molecule has 52 heavy (non-hydrogen) atoms. The summed E-state index contributed by atoms with van der Waals surface area (Å²) >= 11 is 0. The second-order valence-corrected chi connectivity index (χ2v) is 13.5. The fourth-order valence-electron chi connectivity index (χ4n) is 7.65. The summed E-state index contributed by atoms with van der Waals surface area (Å²) in [6, 6.07) is -2.96. The summed E-state index contributed by atoms with van der Waals surface area (Å²) in [5.74, 6) is -6.87. The molecule has 0 radical (unpaired) electrons. The van der Waals surface area contributed by atoms with Crippen molar-refractivity contribution in [1.82, 2.24) is 15.6 Å². The van der Waals surface area contributed by atoms with E-state index in [4.69, 9.17) is 9.98 Å². The van der Waals surface area contributed by atoms with Crippen molar-refractivity contribution in [3.8, 4) is 0 Å². The number of carbonyl (C=O) groups is 5. The quantitative estimate of drug-likeness (QED) is 0.167. The minimum absolute atomic E-state index is 0.00115. The van der Waals surface area contributed by atoms with Crippen LogP contribution < -0.4 is 21.3 Å². The Morgan fingerprint density at radius 3 is 2.27 bits per heavy atom. The highest BCUT2D eigenvalue weighted by atomic mass is 16.4. The molecular weight excluding hydrogens is 670 g/mol. The molecule has 4 aliphatic heterocycles. The van der Waals surface area contributed by atoms with Crippen LogP contribution in [0.1, 0.15) is 64.5 Å². The average Bonchev–Trinajstić information content (AvgIpc) is 3.74. The predicted molar refractivity (Wildman–Crippen MR) is 193 cm³/mol. The number of carboxylic acids is 4. The standard InChI is InChI=1S/C38H43N5O9/c1-7-20-16(3)24-12-26-18(5)22(9-10-32(45)46)35(42-26)23(11-31(44)41-30(37(49)50)15-33(47)48)36-34(38(51)52)19(6)27(43-36)14-29-21(8-2)17(4)25(40-29)13-28(20)39-24/h7,12-14,18,22,26,30,35,40,42H,1,8-11,15H2,2-6H3,(H,41,44)(H,45,46)(H,47,48)(H,49,50)(H,51,52)/t18-,22-,26?,30-,35?/m0/s1. The number of hydrogen-bond donors (Lipinski definition) is 7. The van der Waals surface area contributed by atoms with Gasteiger partial charge in [0.05, 0.1) is 41.2 Å². The Hall–Kier alpha value is -5.63. The molecular formula is C38H43N5O9. The number of rotatable bonds is 12. The summed E-state index contributed by atoms with van der Waals surface area (Å²) in [7, 11) is 0. The van der Waals surface area contributed by atoms with Crippen LogP contribution in [-0.4, -0.2) is 84.7 Å². The zero-order valence-electron chi connectivity index (χ0n) is 29.7. The number of amides is 1. The molecule has 1 fully saturated rings. The summed E-state index contributed by atoms with van der Waals surface area (Å²) in [5.41, 5.74) is 5.80. The Kier molecular flexibility index (Phi) is 10.8. The predicted octanol–water partition coefficient (Wildman–Crippen LogP) is 2.30. The van der Waals surface area contributed by atoms with Crippen molar-refractivity contribution >= 4 is 53.4 Å². The minimum Gasteiger partial charge on any atom is -0.481 e. The van der Waals surface area contributed by atoms with Gasteiger partial charge in [0, 0.05) is 34.8 Å². The molecule has 0 aromatic carbocycles. The molecule has 7 N–H and O–H groups in total. The monoisotopic (exact) mass is 713 g/mol. The molecule has 8 bridgehead atoms. The van der Waals surface area contributed by atoms with Crippen molar-refractivity contribution in [3.05, 3.63) is 79.8 Å². The van der Waals surface area contributed by atoms with Gasteiger partial charge in [-0.2, -0.15) is 0 Å². The van der Waals surface area contributed by atoms with Crippen LogP contribution >= 0.6 is 0 Å². The normalized spacial score (nSPS) is 23.0. The summed E-state index contributed by atoms with van der Waals surface area (Å²) in [6.45, 7) is 13.5. The SMILES string of the molecule is C=CC1=C(C)C2=CC3NC(C(CC(=O)N[C@@H](CC(=O)O)C(=O)O)=C4N=C(C=c5[nH]c(c(C)c5CC)=CC1=N2)C(C)=C4C(=O)O)[C@@H](CCC(=O)O)[C@@H]3C. The van der Waals surface area contributed by atoms with Crippen molar-refractivity contribution in [2.75, 3.05) is 0 Å². The van der Waals surface area contributed by atoms with Gasteiger partial charge in [0.1, 0.15) is 6.04 Å². The Bertz CT molecular complexity index is 2110. The highest BCUT2D eigenvalue weighted by molar-refractivity contribution is 6.26. The molecule has 0 spiro atoms. The van der Waals surface area contributed by atoms with Crippen molar-refractivity contribution in [3.63, 3.8) is 0 Å². The number of aliphatic imine (C=N–C) groups is 2. The van der Waals surface area contributed by atoms with Gasteiger partial charge < -0.3 is 36.0 Å². The van der Waals surface area contributed by atoms with E-state index in [9.17, 15) is 44.4 Å². The topological polar surface area (TPSA) is 231 Å². The van der Waals surface area contributed by atoms with Crippen LogP contribution in [-0.2, 0) is 30.4 Å². The highest BCUT2D eigenvalue weighted by Crippen LogP contribution is 2.41. The van der Waals surface area contributed by atoms with Crippen molar-refractivity contribution < 1.29 is 44.4 Å². The van der Waals surface area contributed by atoms with Crippen LogP contribution in [0.15, 0.2) is 68.0 Å². The molecule has 5 heterocycles. The van der Waals surface area contributed by atoms with E-state index in [1.54, 1.807) is 19.1 Å². The van der Waals surface area contributed by atoms with Crippen LogP contribution in [0.5, 0.6) is 0 Å². The van der Waals surface area contributed by atoms with Crippen molar-refractivity contribution in [2.24, 2.45) is 21.8 Å². The smallest absolute Gasteiger partial charge is 0.338 e. The zero-order chi connectivity index (χ0) is 38.2. The lowest BCUT2D eigenvalue weighted by Gasteiger charge is -2.26. The van der Waals surface area contributed by atoms with E-state index in [0.29, 0.717) is 34.5 Å². The van der Waals surface area contributed by atoms with Gasteiger partial charge in [-0.25, -0.2) is 19.6 Å². The second-order valence-electron chi connectivity index (χ2n) is 13.5. The van der Waals surface area contributed by atoms with E-state index < -0.39 is 66.7 Å². The maximum absolute atomic E-state index is 13.7. The number of allylic oxidation sites excluding steroid dienone is 4. The first-order valence-electron chi connectivity index (χ1n) is 17.1. The number of nitrogens with one attached hydrogen (secondary N) is 3. The summed E-state index contributed by atoms with van der Waals surface area (Å²) in [4.78, 5) is 75.0. The number of H-pyrrole nitrogens is 1. The van der Waals surface area contributed by atoms with Crippen molar-refractivity contribution in [1.29, 1.82) is 0 Å². The molecule has 274 valence electrons. The van der Waals surface area contributed by atoms with E-state index in [2.05, 4.69) is 22.2 Å². The molecule has 0 aliphatic carbocycles. The molecule has 1 aromatic rings. The van der Waals surface area contributed by atoms with Crippen LogP contribution in [0.4, 0.5) is 0 Å². The number of nitrogens with zero attached hydrogens (tertiary/aromatic N) is 2. The van der Waals surface area contributed by atoms with E-state index in [-0.39, 0.29) is 35.6 Å². The van der Waals surface area contributed by atoms with Crippen LogP contribution in [0.2, 0.25) is 0 Å². The summed E-state index contributed by atoms with van der Waals surface area (Å²) < 4.78 is 0. The van der Waals surface area contributed by atoms with Gasteiger partial charge in [0.25, 0.3) is 0 Å². The van der Waals surface area contributed by atoms with E-state index in [1.807, 2.05) is 39.8 Å². The number of fused-ring (bicyclic) bond motifs is 6. The largest absolute Gasteiger partial charge is 0.481 e. The summed E-state index contributed by atoms with van der Waals surface area (Å²) in [6.07, 6.45) is 6.60. The van der Waals surface area contributed by atoms with Gasteiger partial charge in [0.2, 0.25) is 5.91 Å². The van der Waals surface area contributed by atoms with Gasteiger partial charge in [-0.1, -0.05) is 26.5 Å². The molecule has 4 aliphatic rings. The molecule has 14 nitrogen and oxygen atoms in total. The summed E-state index contributed by atoms with van der Waals surface area (Å²) in [5, 5.41) is 46.5. The molecule has 1 amide bonds. The third-order valence-corrected chi connectivity index (χ3v) is 10.4. The van der Waals surface area contributed by atoms with Crippen molar-refractivity contribution in [2.45, 2.75) is 84.8 Å². The van der Waals surface area contributed by atoms with Crippen LogP contribution in [0.3, 0.4) is 0 Å². The highest BCUT2D eigenvalue weighted by Gasteiger charge is 2.44. The third kappa shape index (κ3) is 7.24. The Morgan fingerprint density at radius 2 is 1.67 bits per heavy atom. The first-order chi connectivity index (χ1) is 24.6. The number of carbonyl (C=O) groups excluding carboxylic acids is 1. The van der Waals surface area contributed by atoms with Gasteiger partial charge in [0.15, 0.2) is 0 Å². The molecule has 5 rings (SSSR count). The van der Waals surface area contributed by atoms with Gasteiger partial charge >= 0.3 is 23.9 Å². The lowest BCUT2D eigenvalue weighted by molar-refractivity contribution is -0.147. The Morgan fingerprint density at radius 1 is 0.981 bits per heavy atom. The third-order valence-electron chi connectivity index (χ3n) is 10.4. The van der Waals surface area contributed by atoms with E-state index in [0.717, 1.165) is 27.6 Å². The number of hydrogen-bond acceptors (Lipinski definition) is 8. The lowest BCUT2D eigenvalue weighted by Crippen LogP contribution is -2.43. The Labute approximate surface area is 299 Å². The molecule has 1 saturated heterocycles. The van der Waals surface area contributed by atoms with Crippen LogP contribution in [0.25, 0.3) is 12.2 Å². The number of aromatic nitrogens is 1. The number of aliphatic carboxylic acids is 4. The number of aromatic amines is 1. The molecule has 0 saturated carbocycles. The number of carboxylic acid groups (broad SMARTS) is 4. The molecule has 14 heteroatoms. The lowest BCUT2D eigenvalue weighted by atomic mass is 9.80. The average molecular weight is 714 g/mol. The van der Waals surface area contributed by atoms with Gasteiger partial charge in [-0.3, -0.25) is 14.4 Å². The first-order valence-corrected chi connectivity index (χ1v) is 17.1. The molecule has 1 aromatic heterocycles. The van der Waals surface area contributed by atoms with Gasteiger partial charge in [-0.05, 0) is 91.5 Å². The minimum atomic E-state index is -1.75. The fourth-order valence-corrected chi connectivity index (χ4v) is 7.65. The fraction of sp³-hybridized carbons (Fsp3) is 0.395. The molecule has 5 atom stereocenters. The maximum Gasteiger partial charge on any atom is 0.338 e. The maximum atomic E-state index is 13.7. The Balaban J connectivity index is 1.82. The molecule has 2 unspecified atom stereocenters. The first kappa shape index (κ1) is 37.6. The van der Waals surface area contributed by atoms with Crippen LogP contribution in [0, 0.1) is 18.8 Å². The zero-order valence-corrected chi connectivity index (χ0v) is 29.7.